The molecular weight excluding hydrogens is 374 g/mol. The molecule has 0 bridgehead atoms. The highest BCUT2D eigenvalue weighted by molar-refractivity contribution is 5.91. The van der Waals surface area contributed by atoms with Gasteiger partial charge in [0.25, 0.3) is 0 Å². The predicted octanol–water partition coefficient (Wildman–Crippen LogP) is 4.00. The van der Waals surface area contributed by atoms with Gasteiger partial charge in [0, 0.05) is 49.6 Å². The van der Waals surface area contributed by atoms with Crippen molar-refractivity contribution in [2.75, 3.05) is 36.5 Å². The van der Waals surface area contributed by atoms with E-state index in [4.69, 9.17) is 4.74 Å². The van der Waals surface area contributed by atoms with Gasteiger partial charge >= 0.3 is 0 Å². The molecule has 5 nitrogen and oxygen atoms in total. The van der Waals surface area contributed by atoms with Gasteiger partial charge in [0.05, 0.1) is 6.61 Å². The van der Waals surface area contributed by atoms with Crippen LogP contribution in [-0.4, -0.2) is 44.3 Å². The second-order valence-corrected chi connectivity index (χ2v) is 8.43. The molecule has 2 aromatic rings. The van der Waals surface area contributed by atoms with Crippen LogP contribution in [0.1, 0.15) is 37.7 Å². The summed E-state index contributed by atoms with van der Waals surface area (Å²) in [5.41, 5.74) is 3.37. The number of nitrogens with one attached hydrogen (secondary N) is 2. The Hall–Kier alpha value is -2.37. The fourth-order valence-electron chi connectivity index (χ4n) is 4.41. The number of hydrogen-bond donors (Lipinski definition) is 2. The van der Waals surface area contributed by atoms with Gasteiger partial charge in [-0.05, 0) is 55.9 Å². The Labute approximate surface area is 179 Å². The van der Waals surface area contributed by atoms with E-state index in [0.29, 0.717) is 18.5 Å². The van der Waals surface area contributed by atoms with Gasteiger partial charge in [-0.2, -0.15) is 0 Å². The quantitative estimate of drug-likeness (QED) is 0.695. The van der Waals surface area contributed by atoms with Crippen molar-refractivity contribution < 1.29 is 9.53 Å². The Bertz CT molecular complexity index is 797. The third-order valence-corrected chi connectivity index (χ3v) is 6.10. The molecule has 30 heavy (non-hydrogen) atoms. The van der Waals surface area contributed by atoms with Crippen LogP contribution >= 0.6 is 0 Å². The zero-order valence-electron chi connectivity index (χ0n) is 17.7. The Morgan fingerprint density at radius 2 is 1.83 bits per heavy atom. The maximum atomic E-state index is 12.4. The second-order valence-electron chi connectivity index (χ2n) is 8.43. The maximum absolute atomic E-state index is 12.4. The number of carbonyl (C=O) groups is 1. The number of carbonyl (C=O) groups excluding carboxylic acids is 1. The smallest absolute Gasteiger partial charge is 0.224 e. The highest BCUT2D eigenvalue weighted by Crippen LogP contribution is 2.24. The molecule has 2 N–H and O–H groups in total. The minimum absolute atomic E-state index is 0.0878. The van der Waals surface area contributed by atoms with E-state index in [1.807, 2.05) is 30.3 Å². The van der Waals surface area contributed by atoms with E-state index in [1.165, 1.54) is 11.3 Å². The summed E-state index contributed by atoms with van der Waals surface area (Å²) in [4.78, 5) is 14.8. The van der Waals surface area contributed by atoms with E-state index in [0.717, 1.165) is 64.1 Å². The highest BCUT2D eigenvalue weighted by atomic mass is 16.5. The molecule has 160 valence electrons. The van der Waals surface area contributed by atoms with Gasteiger partial charge in [-0.3, -0.25) is 4.79 Å². The van der Waals surface area contributed by atoms with Crippen molar-refractivity contribution in [1.29, 1.82) is 0 Å². The van der Waals surface area contributed by atoms with Gasteiger partial charge in [-0.1, -0.05) is 36.4 Å². The standard InChI is InChI=1S/C25H33N3O2/c29-25(11-4-8-20-6-2-1-3-7-20)27-22-9-5-10-24(18-22)28-15-12-21(13-16-28)26-23-14-17-30-19-23/h1-3,5-7,9-10,18,21,23,26H,4,8,11-17,19H2,(H,27,29)/t23-/m0/s1. The molecule has 0 saturated carbocycles. The van der Waals surface area contributed by atoms with Crippen molar-refractivity contribution in [3.05, 3.63) is 60.2 Å². The van der Waals surface area contributed by atoms with Gasteiger partial charge in [0.1, 0.15) is 0 Å². The molecule has 2 aliphatic rings. The summed E-state index contributed by atoms with van der Waals surface area (Å²) < 4.78 is 5.47. The van der Waals surface area contributed by atoms with E-state index in [1.54, 1.807) is 0 Å². The number of hydrogen-bond acceptors (Lipinski definition) is 4. The van der Waals surface area contributed by atoms with Crippen molar-refractivity contribution in [2.24, 2.45) is 0 Å². The second kappa shape index (κ2) is 10.6. The molecule has 2 aromatic carbocycles. The molecule has 0 spiro atoms. The first-order valence-corrected chi connectivity index (χ1v) is 11.3. The summed E-state index contributed by atoms with van der Waals surface area (Å²) in [6, 6.07) is 19.7. The molecule has 4 rings (SSSR count). The lowest BCUT2D eigenvalue weighted by atomic mass is 10.0. The highest BCUT2D eigenvalue weighted by Gasteiger charge is 2.24. The number of anilines is 2. The van der Waals surface area contributed by atoms with Gasteiger partial charge in [-0.15, -0.1) is 0 Å². The van der Waals surface area contributed by atoms with Gasteiger partial charge in [0.2, 0.25) is 5.91 Å². The topological polar surface area (TPSA) is 53.6 Å². The fraction of sp³-hybridized carbons (Fsp3) is 0.480. The van der Waals surface area contributed by atoms with Crippen LogP contribution in [0.2, 0.25) is 0 Å². The number of amides is 1. The van der Waals surface area contributed by atoms with Crippen LogP contribution in [0.4, 0.5) is 11.4 Å². The van der Waals surface area contributed by atoms with Crippen LogP contribution in [0.25, 0.3) is 0 Å². The molecule has 1 amide bonds. The molecule has 2 fully saturated rings. The molecule has 2 aliphatic heterocycles. The molecule has 0 unspecified atom stereocenters. The summed E-state index contributed by atoms with van der Waals surface area (Å²) in [6.07, 6.45) is 5.76. The van der Waals surface area contributed by atoms with Crippen molar-refractivity contribution in [2.45, 2.75) is 50.6 Å². The number of benzene rings is 2. The van der Waals surface area contributed by atoms with Crippen LogP contribution in [0, 0.1) is 0 Å². The minimum atomic E-state index is 0.0878. The molecule has 2 saturated heterocycles. The average molecular weight is 408 g/mol. The van der Waals surface area contributed by atoms with Crippen molar-refractivity contribution in [3.63, 3.8) is 0 Å². The molecule has 1 atom stereocenters. The molecule has 0 radical (unpaired) electrons. The summed E-state index contributed by atoms with van der Waals surface area (Å²) >= 11 is 0. The summed E-state index contributed by atoms with van der Waals surface area (Å²) in [7, 11) is 0. The Balaban J connectivity index is 1.22. The SMILES string of the molecule is O=C(CCCc1ccccc1)Nc1cccc(N2CCC(N[C@H]3CCOC3)CC2)c1. The number of rotatable bonds is 8. The van der Waals surface area contributed by atoms with E-state index in [-0.39, 0.29) is 5.91 Å². The third kappa shape index (κ3) is 6.07. The van der Waals surface area contributed by atoms with Gasteiger partial charge < -0.3 is 20.3 Å². The number of nitrogens with zero attached hydrogens (tertiary/aromatic N) is 1. The van der Waals surface area contributed by atoms with Crippen molar-refractivity contribution in [3.8, 4) is 0 Å². The number of piperidine rings is 1. The number of ether oxygens (including phenoxy) is 1. The van der Waals surface area contributed by atoms with Crippen LogP contribution < -0.4 is 15.5 Å². The monoisotopic (exact) mass is 407 g/mol. The summed E-state index contributed by atoms with van der Waals surface area (Å²) in [6.45, 7) is 3.83. The van der Waals surface area contributed by atoms with Gasteiger partial charge in [0.15, 0.2) is 0 Å². The lowest BCUT2D eigenvalue weighted by Gasteiger charge is -2.35. The van der Waals surface area contributed by atoms with E-state index in [2.05, 4.69) is 39.8 Å². The first-order valence-electron chi connectivity index (χ1n) is 11.3. The van der Waals surface area contributed by atoms with E-state index < -0.39 is 0 Å². The zero-order chi connectivity index (χ0) is 20.6. The summed E-state index contributed by atoms with van der Waals surface area (Å²) in [5.74, 6) is 0.0878. The largest absolute Gasteiger partial charge is 0.380 e. The lowest BCUT2D eigenvalue weighted by molar-refractivity contribution is -0.116. The average Bonchev–Trinajstić information content (AvgIpc) is 3.28. The predicted molar refractivity (Wildman–Crippen MR) is 122 cm³/mol. The normalized spacial score (nSPS) is 19.7. The third-order valence-electron chi connectivity index (χ3n) is 6.10. The van der Waals surface area contributed by atoms with Crippen LogP contribution in [0.3, 0.4) is 0 Å². The van der Waals surface area contributed by atoms with E-state index >= 15 is 0 Å². The summed E-state index contributed by atoms with van der Waals surface area (Å²) in [5, 5.41) is 6.82. The molecule has 2 heterocycles. The Morgan fingerprint density at radius 3 is 2.60 bits per heavy atom. The minimum Gasteiger partial charge on any atom is -0.380 e. The maximum Gasteiger partial charge on any atom is 0.224 e. The molecule has 0 aliphatic carbocycles. The first-order chi connectivity index (χ1) is 14.8. The molecular formula is C25H33N3O2. The lowest BCUT2D eigenvalue weighted by Crippen LogP contribution is -2.46. The first kappa shape index (κ1) is 20.9. The molecule has 5 heteroatoms. The van der Waals surface area contributed by atoms with Crippen LogP contribution in [-0.2, 0) is 16.0 Å². The van der Waals surface area contributed by atoms with Gasteiger partial charge in [-0.25, -0.2) is 0 Å². The molecule has 0 aromatic heterocycles. The van der Waals surface area contributed by atoms with Crippen molar-refractivity contribution in [1.82, 2.24) is 5.32 Å². The Morgan fingerprint density at radius 1 is 1.00 bits per heavy atom. The van der Waals surface area contributed by atoms with Crippen LogP contribution in [0.15, 0.2) is 54.6 Å². The Kier molecular flexibility index (Phi) is 7.38. The fourth-order valence-corrected chi connectivity index (χ4v) is 4.41. The number of aryl methyl sites for hydroxylation is 1. The van der Waals surface area contributed by atoms with Crippen LogP contribution in [0.5, 0.6) is 0 Å². The zero-order valence-corrected chi connectivity index (χ0v) is 17.7. The van der Waals surface area contributed by atoms with Crippen molar-refractivity contribution >= 4 is 17.3 Å². The van der Waals surface area contributed by atoms with E-state index in [9.17, 15) is 4.79 Å².